The van der Waals surface area contributed by atoms with Crippen molar-refractivity contribution in [3.63, 3.8) is 0 Å². The molecule has 0 amide bonds. The van der Waals surface area contributed by atoms with E-state index in [9.17, 15) is 10.2 Å². The molecule has 1 aromatic carbocycles. The summed E-state index contributed by atoms with van der Waals surface area (Å²) in [7, 11) is 3.03. The van der Waals surface area contributed by atoms with Gasteiger partial charge < -0.3 is 19.7 Å². The van der Waals surface area contributed by atoms with Crippen LogP contribution >= 0.6 is 11.6 Å². The standard InChI is InChI=1S/C17H16ClNO4/c1-22-12-7-13(23-2)11(6-10(12)18)19-16(20)14-8-3-4-9(5-8)15(14)17(19)21/h3-4,6-9,20-21H,5H2,1-2H3. The Labute approximate surface area is 138 Å². The first-order chi connectivity index (χ1) is 11.1. The molecule has 5 nitrogen and oxygen atoms in total. The van der Waals surface area contributed by atoms with Crippen molar-refractivity contribution >= 4 is 11.6 Å². The molecule has 0 saturated heterocycles. The summed E-state index contributed by atoms with van der Waals surface area (Å²) in [6.07, 6.45) is 5.07. The second-order valence-corrected chi connectivity index (χ2v) is 6.21. The number of ether oxygens (including phenoxy) is 2. The van der Waals surface area contributed by atoms with Crippen LogP contribution < -0.4 is 9.47 Å². The zero-order chi connectivity index (χ0) is 16.3. The van der Waals surface area contributed by atoms with E-state index in [1.807, 2.05) is 0 Å². The molecule has 2 atom stereocenters. The van der Waals surface area contributed by atoms with Gasteiger partial charge in [-0.2, -0.15) is 0 Å². The van der Waals surface area contributed by atoms with E-state index in [0.717, 1.165) is 17.5 Å². The van der Waals surface area contributed by atoms with E-state index in [2.05, 4.69) is 12.2 Å². The molecule has 1 heterocycles. The molecular weight excluding hydrogens is 318 g/mol. The zero-order valence-corrected chi connectivity index (χ0v) is 13.5. The van der Waals surface area contributed by atoms with E-state index in [1.165, 1.54) is 18.8 Å². The molecule has 6 heteroatoms. The lowest BCUT2D eigenvalue weighted by Gasteiger charge is -2.15. The summed E-state index contributed by atoms with van der Waals surface area (Å²) in [5, 5.41) is 21.7. The van der Waals surface area contributed by atoms with Gasteiger partial charge in [0.15, 0.2) is 0 Å². The number of fused-ring (bicyclic) bond motifs is 5. The molecular formula is C17H16ClNO4. The lowest BCUT2D eigenvalue weighted by Crippen LogP contribution is -2.00. The Kier molecular flexibility index (Phi) is 3.03. The average molecular weight is 334 g/mol. The van der Waals surface area contributed by atoms with Gasteiger partial charge in [-0.25, -0.2) is 4.57 Å². The highest BCUT2D eigenvalue weighted by atomic mass is 35.5. The number of halogens is 1. The Morgan fingerprint density at radius 3 is 2.09 bits per heavy atom. The van der Waals surface area contributed by atoms with Crippen LogP contribution in [0.4, 0.5) is 0 Å². The number of hydrogen-bond acceptors (Lipinski definition) is 4. The van der Waals surface area contributed by atoms with Gasteiger partial charge in [-0.15, -0.1) is 0 Å². The van der Waals surface area contributed by atoms with Gasteiger partial charge in [-0.1, -0.05) is 23.8 Å². The van der Waals surface area contributed by atoms with Crippen molar-refractivity contribution in [2.75, 3.05) is 14.2 Å². The number of hydrogen-bond donors (Lipinski definition) is 2. The first-order valence-electron chi connectivity index (χ1n) is 7.33. The highest BCUT2D eigenvalue weighted by molar-refractivity contribution is 6.32. The Morgan fingerprint density at radius 1 is 1.00 bits per heavy atom. The van der Waals surface area contributed by atoms with Crippen LogP contribution in [0.15, 0.2) is 24.3 Å². The minimum atomic E-state index is 0.0360. The number of rotatable bonds is 3. The van der Waals surface area contributed by atoms with Gasteiger partial charge in [0.1, 0.15) is 11.5 Å². The first-order valence-corrected chi connectivity index (χ1v) is 7.71. The minimum Gasteiger partial charge on any atom is -0.495 e. The van der Waals surface area contributed by atoms with E-state index >= 15 is 0 Å². The number of aromatic nitrogens is 1. The molecule has 2 N–H and O–H groups in total. The van der Waals surface area contributed by atoms with E-state index in [-0.39, 0.29) is 23.6 Å². The third kappa shape index (κ3) is 1.80. The molecule has 120 valence electrons. The van der Waals surface area contributed by atoms with Crippen LogP contribution in [0.5, 0.6) is 23.3 Å². The molecule has 0 fully saturated rings. The Morgan fingerprint density at radius 2 is 1.57 bits per heavy atom. The SMILES string of the molecule is COc1cc(OC)c(-n2c(O)c3c(c2O)C2C=CC3C2)cc1Cl. The summed E-state index contributed by atoms with van der Waals surface area (Å²) in [5.41, 5.74) is 2.06. The summed E-state index contributed by atoms with van der Waals surface area (Å²) in [6, 6.07) is 3.25. The number of aromatic hydroxyl groups is 2. The van der Waals surface area contributed by atoms with Crippen molar-refractivity contribution < 1.29 is 19.7 Å². The van der Waals surface area contributed by atoms with Gasteiger partial charge in [-0.3, -0.25) is 0 Å². The molecule has 2 unspecified atom stereocenters. The monoisotopic (exact) mass is 333 g/mol. The largest absolute Gasteiger partial charge is 0.495 e. The van der Waals surface area contributed by atoms with Crippen LogP contribution in [0, 0.1) is 0 Å². The van der Waals surface area contributed by atoms with E-state index in [1.54, 1.807) is 12.1 Å². The number of allylic oxidation sites excluding steroid dienone is 2. The van der Waals surface area contributed by atoms with E-state index < -0.39 is 0 Å². The summed E-state index contributed by atoms with van der Waals surface area (Å²) < 4.78 is 12.0. The van der Waals surface area contributed by atoms with Crippen molar-refractivity contribution in [2.24, 2.45) is 0 Å². The van der Waals surface area contributed by atoms with Crippen LogP contribution in [0.25, 0.3) is 5.69 Å². The van der Waals surface area contributed by atoms with Crippen molar-refractivity contribution in [2.45, 2.75) is 18.3 Å². The third-order valence-electron chi connectivity index (χ3n) is 4.71. The molecule has 1 aromatic heterocycles. The predicted octanol–water partition coefficient (Wildman–Crippen LogP) is 3.70. The Bertz CT molecular complexity index is 804. The highest BCUT2D eigenvalue weighted by Gasteiger charge is 2.41. The van der Waals surface area contributed by atoms with Gasteiger partial charge in [0.05, 0.1) is 24.9 Å². The van der Waals surface area contributed by atoms with Crippen LogP contribution in [-0.2, 0) is 0 Å². The maximum Gasteiger partial charge on any atom is 0.202 e. The maximum absolute atomic E-state index is 10.7. The van der Waals surface area contributed by atoms with Crippen LogP contribution in [0.1, 0.15) is 29.4 Å². The van der Waals surface area contributed by atoms with Crippen molar-refractivity contribution in [3.8, 4) is 28.9 Å². The number of benzene rings is 1. The fourth-order valence-corrected chi connectivity index (χ4v) is 3.92. The molecule has 2 aliphatic rings. The lowest BCUT2D eigenvalue weighted by atomic mass is 10.0. The second-order valence-electron chi connectivity index (χ2n) is 5.80. The lowest BCUT2D eigenvalue weighted by molar-refractivity contribution is 0.376. The van der Waals surface area contributed by atoms with Crippen molar-refractivity contribution in [3.05, 3.63) is 40.4 Å². The zero-order valence-electron chi connectivity index (χ0n) is 12.7. The highest BCUT2D eigenvalue weighted by Crippen LogP contribution is 2.57. The van der Waals surface area contributed by atoms with Gasteiger partial charge >= 0.3 is 0 Å². The van der Waals surface area contributed by atoms with Gasteiger partial charge in [0.25, 0.3) is 0 Å². The summed E-state index contributed by atoms with van der Waals surface area (Å²) >= 11 is 6.21. The number of nitrogens with zero attached hydrogens (tertiary/aromatic N) is 1. The molecule has 0 radical (unpaired) electrons. The molecule has 4 rings (SSSR count). The predicted molar refractivity (Wildman–Crippen MR) is 86.5 cm³/mol. The molecule has 23 heavy (non-hydrogen) atoms. The van der Waals surface area contributed by atoms with Gasteiger partial charge in [-0.05, 0) is 12.5 Å². The molecule has 2 bridgehead atoms. The fraction of sp³-hybridized carbons (Fsp3) is 0.294. The number of methoxy groups -OCH3 is 2. The Balaban J connectivity index is 1.95. The first kappa shape index (κ1) is 14.3. The minimum absolute atomic E-state index is 0.0360. The summed E-state index contributed by atoms with van der Waals surface area (Å²) in [5.74, 6) is 1.30. The summed E-state index contributed by atoms with van der Waals surface area (Å²) in [4.78, 5) is 0. The normalized spacial score (nSPS) is 20.8. The smallest absolute Gasteiger partial charge is 0.202 e. The second kappa shape index (κ2) is 4.86. The summed E-state index contributed by atoms with van der Waals surface area (Å²) in [6.45, 7) is 0. The van der Waals surface area contributed by atoms with Crippen molar-refractivity contribution in [1.29, 1.82) is 0 Å². The molecule has 0 saturated carbocycles. The molecule has 2 aliphatic carbocycles. The average Bonchev–Trinajstić information content (AvgIpc) is 3.21. The Hall–Kier alpha value is -2.27. The molecule has 0 aliphatic heterocycles. The van der Waals surface area contributed by atoms with Gasteiger partial charge in [0.2, 0.25) is 11.8 Å². The quantitative estimate of drug-likeness (QED) is 0.841. The third-order valence-corrected chi connectivity index (χ3v) is 5.01. The van der Waals surface area contributed by atoms with Crippen LogP contribution in [-0.4, -0.2) is 29.0 Å². The maximum atomic E-state index is 10.7. The van der Waals surface area contributed by atoms with Crippen LogP contribution in [0.2, 0.25) is 5.02 Å². The van der Waals surface area contributed by atoms with Crippen molar-refractivity contribution in [1.82, 2.24) is 4.57 Å². The topological polar surface area (TPSA) is 63.9 Å². The molecule has 0 spiro atoms. The van der Waals surface area contributed by atoms with Crippen LogP contribution in [0.3, 0.4) is 0 Å². The van der Waals surface area contributed by atoms with Gasteiger partial charge in [0, 0.05) is 29.0 Å². The van der Waals surface area contributed by atoms with E-state index in [4.69, 9.17) is 21.1 Å². The van der Waals surface area contributed by atoms with E-state index in [0.29, 0.717) is 22.2 Å². The fourth-order valence-electron chi connectivity index (χ4n) is 3.69. The molecule has 2 aromatic rings.